The van der Waals surface area contributed by atoms with Crippen LogP contribution in [0.1, 0.15) is 93.8 Å². The molecule has 2 aliphatic carbocycles. The Hall–Kier alpha value is -3.79. The predicted molar refractivity (Wildman–Crippen MR) is 164 cm³/mol. The lowest BCUT2D eigenvalue weighted by molar-refractivity contribution is 0.0488. The van der Waals surface area contributed by atoms with E-state index in [0.717, 1.165) is 62.3 Å². The smallest absolute Gasteiger partial charge is 0.407 e. The van der Waals surface area contributed by atoms with Crippen LogP contribution in [-0.2, 0) is 11.2 Å². The number of nitrogens with one attached hydrogen (secondary N) is 4. The zero-order valence-corrected chi connectivity index (χ0v) is 25.2. The molecule has 230 valence electrons. The molecule has 2 saturated carbocycles. The quantitative estimate of drug-likeness (QED) is 0.302. The maximum atomic E-state index is 14.7. The number of ether oxygens (including phenoxy) is 1. The molecule has 4 N–H and O–H groups in total. The van der Waals surface area contributed by atoms with Gasteiger partial charge in [-0.15, -0.1) is 0 Å². The highest BCUT2D eigenvalue weighted by atomic mass is 19.1. The summed E-state index contributed by atoms with van der Waals surface area (Å²) in [6, 6.07) is 12.7. The van der Waals surface area contributed by atoms with E-state index >= 15 is 0 Å². The first-order valence-electron chi connectivity index (χ1n) is 15.3. The van der Waals surface area contributed by atoms with Gasteiger partial charge in [-0.1, -0.05) is 24.3 Å². The second-order valence-electron chi connectivity index (χ2n) is 12.9. The zero-order chi connectivity index (χ0) is 30.6. The molecule has 2 aromatic carbocycles. The molecule has 0 atom stereocenters. The first-order valence-corrected chi connectivity index (χ1v) is 15.3. The monoisotopic (exact) mass is 591 g/mol. The molecule has 0 unspecified atom stereocenters. The molecular formula is C33H42FN5O4. The van der Waals surface area contributed by atoms with Gasteiger partial charge in [-0.25, -0.2) is 14.3 Å². The summed E-state index contributed by atoms with van der Waals surface area (Å²) in [4.78, 5) is 37.3. The highest BCUT2D eigenvalue weighted by molar-refractivity contribution is 5.95. The Labute approximate surface area is 251 Å². The first-order chi connectivity index (χ1) is 20.5. The van der Waals surface area contributed by atoms with Gasteiger partial charge >= 0.3 is 6.09 Å². The molecule has 1 aromatic heterocycles. The summed E-state index contributed by atoms with van der Waals surface area (Å²) >= 11 is 0. The summed E-state index contributed by atoms with van der Waals surface area (Å²) in [6.07, 6.45) is 7.37. The average Bonchev–Trinajstić information content (AvgIpc) is 2.96. The molecule has 0 radical (unpaired) electrons. The van der Waals surface area contributed by atoms with Crippen molar-refractivity contribution >= 4 is 22.8 Å². The number of halogens is 1. The van der Waals surface area contributed by atoms with Crippen LogP contribution in [-0.4, -0.2) is 52.0 Å². The van der Waals surface area contributed by atoms with Crippen LogP contribution >= 0.6 is 0 Å². The number of nitrogens with zero attached hydrogens (tertiary/aromatic N) is 1. The maximum absolute atomic E-state index is 14.7. The Kier molecular flexibility index (Phi) is 9.44. The minimum atomic E-state index is -0.562. The molecule has 3 aromatic rings. The molecule has 1 heterocycles. The van der Waals surface area contributed by atoms with Crippen LogP contribution in [0, 0.1) is 5.82 Å². The minimum Gasteiger partial charge on any atom is -0.444 e. The molecular weight excluding hydrogens is 549 g/mol. The topological polar surface area (TPSA) is 125 Å². The number of H-pyrrole nitrogens is 1. The molecule has 2 amide bonds. The van der Waals surface area contributed by atoms with E-state index in [9.17, 15) is 18.8 Å². The molecule has 0 aliphatic heterocycles. The van der Waals surface area contributed by atoms with Gasteiger partial charge in [0.1, 0.15) is 11.4 Å². The third-order valence-electron chi connectivity index (χ3n) is 8.40. The molecule has 2 aliphatic rings. The Balaban J connectivity index is 1.09. The predicted octanol–water partition coefficient (Wildman–Crippen LogP) is 5.12. The van der Waals surface area contributed by atoms with Crippen molar-refractivity contribution in [3.05, 3.63) is 75.5 Å². The normalized spacial score (nSPS) is 22.6. The van der Waals surface area contributed by atoms with Crippen molar-refractivity contribution in [1.82, 2.24) is 26.1 Å². The number of aromatic nitrogens is 2. The van der Waals surface area contributed by atoms with E-state index in [0.29, 0.717) is 29.6 Å². The van der Waals surface area contributed by atoms with Crippen molar-refractivity contribution in [3.63, 3.8) is 0 Å². The van der Waals surface area contributed by atoms with Gasteiger partial charge in [0.15, 0.2) is 0 Å². The number of benzene rings is 2. The SMILES string of the molecule is CC(C)(C)OC(=O)NC1CCC(NC2CCC(NC(=O)c3cc(Cc4n[nH]c(=O)c5ccccc45)ccc3F)CC2)CC1. The Bertz CT molecular complexity index is 1500. The van der Waals surface area contributed by atoms with E-state index in [1.165, 1.54) is 6.07 Å². The van der Waals surface area contributed by atoms with Gasteiger partial charge in [0.25, 0.3) is 11.5 Å². The molecule has 0 saturated heterocycles. The van der Waals surface area contributed by atoms with E-state index in [4.69, 9.17) is 4.74 Å². The fourth-order valence-electron chi connectivity index (χ4n) is 6.24. The van der Waals surface area contributed by atoms with Gasteiger partial charge in [-0.2, -0.15) is 5.10 Å². The van der Waals surface area contributed by atoms with Crippen LogP contribution in [0.5, 0.6) is 0 Å². The van der Waals surface area contributed by atoms with Crippen LogP contribution < -0.4 is 21.5 Å². The van der Waals surface area contributed by atoms with Gasteiger partial charge < -0.3 is 20.7 Å². The number of carbonyl (C=O) groups excluding carboxylic acids is 2. The van der Waals surface area contributed by atoms with E-state index in [1.54, 1.807) is 24.3 Å². The summed E-state index contributed by atoms with van der Waals surface area (Å²) in [5.74, 6) is -0.974. The molecule has 43 heavy (non-hydrogen) atoms. The summed E-state index contributed by atoms with van der Waals surface area (Å²) in [5.41, 5.74) is 0.650. The molecule has 0 spiro atoms. The number of aromatic amines is 1. The number of carbonyl (C=O) groups is 2. The lowest BCUT2D eigenvalue weighted by Gasteiger charge is -2.36. The summed E-state index contributed by atoms with van der Waals surface area (Å²) < 4.78 is 20.1. The molecule has 0 bridgehead atoms. The fourth-order valence-corrected chi connectivity index (χ4v) is 6.24. The van der Waals surface area contributed by atoms with Gasteiger partial charge in [-0.3, -0.25) is 9.59 Å². The Morgan fingerprint density at radius 2 is 1.47 bits per heavy atom. The van der Waals surface area contributed by atoms with Crippen LogP contribution in [0.3, 0.4) is 0 Å². The van der Waals surface area contributed by atoms with Gasteiger partial charge in [0, 0.05) is 36.0 Å². The highest BCUT2D eigenvalue weighted by Crippen LogP contribution is 2.25. The van der Waals surface area contributed by atoms with Gasteiger partial charge in [0.2, 0.25) is 0 Å². The third-order valence-corrected chi connectivity index (χ3v) is 8.40. The van der Waals surface area contributed by atoms with E-state index < -0.39 is 17.3 Å². The van der Waals surface area contributed by atoms with Crippen LogP contribution in [0.15, 0.2) is 47.3 Å². The largest absolute Gasteiger partial charge is 0.444 e. The summed E-state index contributed by atoms with van der Waals surface area (Å²) in [6.45, 7) is 5.59. The van der Waals surface area contributed by atoms with Crippen molar-refractivity contribution in [2.75, 3.05) is 0 Å². The van der Waals surface area contributed by atoms with E-state index in [1.807, 2.05) is 32.9 Å². The standard InChI is InChI=1S/C33H42FN5O4/c1-33(2,3)43-32(42)37-24-15-11-22(12-16-24)35-21-9-13-23(14-10-21)36-30(40)27-18-20(8-17-28(27)34)19-29-25-6-4-5-7-26(25)31(41)39-38-29/h4-8,17-18,21-24,35H,9-16,19H2,1-3H3,(H,36,40)(H,37,42)(H,39,41). The number of hydrogen-bond donors (Lipinski definition) is 4. The number of fused-ring (bicyclic) bond motifs is 1. The van der Waals surface area contributed by atoms with Crippen LogP contribution in [0.2, 0.25) is 0 Å². The fraction of sp³-hybridized carbons (Fsp3) is 0.515. The van der Waals surface area contributed by atoms with Crippen LogP contribution in [0.25, 0.3) is 10.8 Å². The van der Waals surface area contributed by atoms with Crippen molar-refractivity contribution in [1.29, 1.82) is 0 Å². The second kappa shape index (κ2) is 13.2. The first kappa shape index (κ1) is 30.7. The second-order valence-corrected chi connectivity index (χ2v) is 12.9. The number of alkyl carbamates (subject to hydrolysis) is 1. The third kappa shape index (κ3) is 8.19. The number of rotatable bonds is 7. The van der Waals surface area contributed by atoms with E-state index in [-0.39, 0.29) is 29.3 Å². The average molecular weight is 592 g/mol. The summed E-state index contributed by atoms with van der Waals surface area (Å²) in [7, 11) is 0. The Morgan fingerprint density at radius 1 is 0.884 bits per heavy atom. The van der Waals surface area contributed by atoms with Crippen molar-refractivity contribution in [2.24, 2.45) is 0 Å². The zero-order valence-electron chi connectivity index (χ0n) is 25.2. The van der Waals surface area contributed by atoms with Crippen molar-refractivity contribution < 1.29 is 18.7 Å². The van der Waals surface area contributed by atoms with Gasteiger partial charge in [0.05, 0.1) is 16.6 Å². The molecule has 5 rings (SSSR count). The molecule has 2 fully saturated rings. The minimum absolute atomic E-state index is 0.00724. The maximum Gasteiger partial charge on any atom is 0.407 e. The molecule has 9 nitrogen and oxygen atoms in total. The molecule has 10 heteroatoms. The number of amides is 2. The summed E-state index contributed by atoms with van der Waals surface area (Å²) in [5, 5.41) is 17.8. The van der Waals surface area contributed by atoms with Crippen molar-refractivity contribution in [3.8, 4) is 0 Å². The van der Waals surface area contributed by atoms with E-state index in [2.05, 4.69) is 26.1 Å². The van der Waals surface area contributed by atoms with Crippen molar-refractivity contribution in [2.45, 2.75) is 108 Å². The number of hydrogen-bond acceptors (Lipinski definition) is 6. The van der Waals surface area contributed by atoms with Gasteiger partial charge in [-0.05, 0) is 95.9 Å². The highest BCUT2D eigenvalue weighted by Gasteiger charge is 2.29. The Morgan fingerprint density at radius 3 is 2.09 bits per heavy atom. The lowest BCUT2D eigenvalue weighted by atomic mass is 9.87. The van der Waals surface area contributed by atoms with Crippen LogP contribution in [0.4, 0.5) is 9.18 Å². The lowest BCUT2D eigenvalue weighted by Crippen LogP contribution is -2.48.